The molecule has 8 saturated heterocycles. The molecule has 1 aromatic carbocycles. The highest BCUT2D eigenvalue weighted by Crippen LogP contribution is 2.54. The maximum Gasteiger partial charge on any atom is 0.308 e. The molecule has 0 unspecified atom stereocenters. The van der Waals surface area contributed by atoms with E-state index in [1.54, 1.807) is 0 Å². The lowest BCUT2D eigenvalue weighted by atomic mass is 10.1. The third-order valence-electron chi connectivity index (χ3n) is 14.5. The first-order valence-corrected chi connectivity index (χ1v) is 28.4. The molecule has 8 aliphatic heterocycles. The van der Waals surface area contributed by atoms with E-state index in [9.17, 15) is 0 Å². The smallest absolute Gasteiger partial charge is 0.308 e. The minimum absolute atomic E-state index is 0.937. The molecule has 0 radical (unpaired) electrons. The largest absolute Gasteiger partial charge is 0.441 e. The Balaban J connectivity index is 1.09. The molecule has 1 aromatic rings. The van der Waals surface area contributed by atoms with Crippen molar-refractivity contribution in [3.05, 3.63) is 24.3 Å². The van der Waals surface area contributed by atoms with Crippen LogP contribution in [-0.4, -0.2) is 164 Å². The van der Waals surface area contributed by atoms with Crippen molar-refractivity contribution in [3.8, 4) is 11.5 Å². The van der Waals surface area contributed by atoms with Gasteiger partial charge in [-0.2, -0.15) is 0 Å². The van der Waals surface area contributed by atoms with Gasteiger partial charge in [0.1, 0.15) is 11.5 Å². The summed E-state index contributed by atoms with van der Waals surface area (Å²) in [7, 11) is -2.58. The molecule has 0 atom stereocenters. The van der Waals surface area contributed by atoms with E-state index in [0.29, 0.717) is 0 Å². The van der Waals surface area contributed by atoms with Crippen molar-refractivity contribution < 1.29 is 9.05 Å². The average molecular weight is 899 g/mol. The number of hydrazine groups is 8. The van der Waals surface area contributed by atoms with E-state index in [2.05, 4.69) is 83.9 Å². The fourth-order valence-corrected chi connectivity index (χ4v) is 15.4. The van der Waals surface area contributed by atoms with Gasteiger partial charge in [-0.25, -0.2) is 40.1 Å². The van der Waals surface area contributed by atoms with Crippen LogP contribution in [0.4, 0.5) is 0 Å². The lowest BCUT2D eigenvalue weighted by molar-refractivity contribution is -0.174. The van der Waals surface area contributed by atoms with Crippen LogP contribution < -0.4 is 9.05 Å². The summed E-state index contributed by atoms with van der Waals surface area (Å²) < 4.78 is 15.5. The first-order chi connectivity index (χ1) is 30.8. The fourth-order valence-electron chi connectivity index (χ4n) is 11.1. The molecule has 0 bridgehead atoms. The summed E-state index contributed by atoms with van der Waals surface area (Å²) in [5, 5.41) is 21.6. The highest BCUT2D eigenvalue weighted by Gasteiger charge is 2.46. The van der Waals surface area contributed by atoms with E-state index in [-0.39, 0.29) is 0 Å². The van der Waals surface area contributed by atoms with Crippen LogP contribution in [0.1, 0.15) is 154 Å². The van der Waals surface area contributed by atoms with Gasteiger partial charge < -0.3 is 9.05 Å². The zero-order valence-corrected chi connectivity index (χ0v) is 40.5. The molecule has 8 fully saturated rings. The molecule has 0 aliphatic carbocycles. The predicted octanol–water partition coefficient (Wildman–Crippen LogP) is 9.31. The number of hydrogen-bond acceptors (Lipinski definition) is 14. The van der Waals surface area contributed by atoms with Gasteiger partial charge in [-0.1, -0.05) is 77.0 Å². The van der Waals surface area contributed by atoms with Crippen molar-refractivity contribution in [1.82, 2.24) is 59.6 Å². The Morgan fingerprint density at radius 2 is 0.452 bits per heavy atom. The molecule has 14 nitrogen and oxygen atoms in total. The lowest BCUT2D eigenvalue weighted by Crippen LogP contribution is -2.61. The van der Waals surface area contributed by atoms with Gasteiger partial charge in [0.25, 0.3) is 0 Å². The van der Waals surface area contributed by atoms with Crippen molar-refractivity contribution in [2.75, 3.05) is 105 Å². The summed E-state index contributed by atoms with van der Waals surface area (Å²) in [6.07, 6.45) is 30.6. The van der Waals surface area contributed by atoms with Gasteiger partial charge in [0.2, 0.25) is 0 Å². The minimum Gasteiger partial charge on any atom is -0.441 e. The summed E-state index contributed by atoms with van der Waals surface area (Å²) >= 11 is 0. The van der Waals surface area contributed by atoms with E-state index < -0.39 is 16.9 Å². The molecular weight excluding hydrogens is 815 g/mol. The van der Waals surface area contributed by atoms with Crippen molar-refractivity contribution in [3.63, 3.8) is 0 Å². The van der Waals surface area contributed by atoms with Gasteiger partial charge in [0, 0.05) is 111 Å². The van der Waals surface area contributed by atoms with Crippen LogP contribution in [0, 0.1) is 0 Å². The van der Waals surface area contributed by atoms with Crippen LogP contribution in [0.3, 0.4) is 0 Å². The second-order valence-electron chi connectivity index (χ2n) is 19.4. The Bertz CT molecular complexity index is 1170. The number of rotatable bonds is 16. The molecule has 0 saturated carbocycles. The highest BCUT2D eigenvalue weighted by molar-refractivity contribution is 7.47. The Morgan fingerprint density at radius 1 is 0.274 bits per heavy atom. The van der Waals surface area contributed by atoms with Crippen molar-refractivity contribution in [2.24, 2.45) is 0 Å². The predicted molar refractivity (Wildman–Crippen MR) is 252 cm³/mol. The molecule has 62 heavy (non-hydrogen) atoms. The molecule has 0 aromatic heterocycles. The Hall–Kier alpha value is -0.800. The maximum atomic E-state index is 7.77. The van der Waals surface area contributed by atoms with Gasteiger partial charge in [-0.15, -0.1) is 0 Å². The van der Waals surface area contributed by atoms with Crippen LogP contribution in [0.2, 0.25) is 0 Å². The molecule has 0 amide bonds. The summed E-state index contributed by atoms with van der Waals surface area (Å²) in [5.74, 6) is 1.87. The van der Waals surface area contributed by atoms with E-state index in [0.717, 1.165) is 116 Å². The normalized spacial score (nSPS) is 26.4. The molecule has 8 aliphatic rings. The van der Waals surface area contributed by atoms with E-state index in [4.69, 9.17) is 9.05 Å². The molecule has 16 heteroatoms. The monoisotopic (exact) mass is 899 g/mol. The second-order valence-corrected chi connectivity index (χ2v) is 22.2. The van der Waals surface area contributed by atoms with Gasteiger partial charge in [0.05, 0.1) is 0 Å². The van der Waals surface area contributed by atoms with Gasteiger partial charge in [-0.05, 0) is 115 Å². The van der Waals surface area contributed by atoms with Crippen LogP contribution in [-0.2, 0) is 0 Å². The Labute approximate surface area is 378 Å². The number of piperidine rings is 8. The molecule has 9 rings (SSSR count). The second kappa shape index (κ2) is 24.3. The lowest BCUT2D eigenvalue weighted by Gasteiger charge is -2.54. The van der Waals surface area contributed by atoms with Crippen molar-refractivity contribution in [2.45, 2.75) is 154 Å². The molecule has 0 N–H and O–H groups in total. The summed E-state index contributed by atoms with van der Waals surface area (Å²) in [5.41, 5.74) is 0. The van der Waals surface area contributed by atoms with E-state index in [1.807, 2.05) is 0 Å². The van der Waals surface area contributed by atoms with Gasteiger partial charge >= 0.3 is 16.9 Å². The van der Waals surface area contributed by atoms with E-state index in [1.165, 1.54) is 154 Å². The van der Waals surface area contributed by atoms with Crippen LogP contribution >= 0.6 is 16.9 Å². The highest BCUT2D eigenvalue weighted by atomic mass is 31.2. The standard InChI is InChI=1S/C46H84N12O2P2/c1-9-28-47(29-10-1)55(48-30-11-2-12-31-48)61(56(49-32-13-3-14-33-49)50-34-15-4-16-35-50)59-45-26-25-27-46(44-45)60-62(57(51-36-17-5-18-37-51)52-38-19-6-20-39-52)58(53-40-21-7-22-41-53)54-42-23-8-24-43-54/h25-27,44H,1-24,28-43H2. The maximum absolute atomic E-state index is 7.77. The van der Waals surface area contributed by atoms with Crippen molar-refractivity contribution in [1.29, 1.82) is 0 Å². The fraction of sp³-hybridized carbons (Fsp3) is 0.870. The van der Waals surface area contributed by atoms with Gasteiger partial charge in [0.15, 0.2) is 0 Å². The Morgan fingerprint density at radius 3 is 0.629 bits per heavy atom. The molecular formula is C46H84N12O2P2. The van der Waals surface area contributed by atoms with Gasteiger partial charge in [-0.3, -0.25) is 0 Å². The number of benzene rings is 1. The van der Waals surface area contributed by atoms with Crippen molar-refractivity contribution >= 4 is 16.9 Å². The third-order valence-corrected chi connectivity index (χ3v) is 18.5. The average Bonchev–Trinajstić information content (AvgIpc) is 3.35. The first-order valence-electron chi connectivity index (χ1n) is 26.1. The topological polar surface area (TPSA) is 57.3 Å². The minimum atomic E-state index is -1.29. The Kier molecular flexibility index (Phi) is 18.1. The zero-order valence-electron chi connectivity index (χ0n) is 38.7. The summed E-state index contributed by atoms with van der Waals surface area (Å²) in [4.78, 5) is 10.8. The number of hydrogen-bond donors (Lipinski definition) is 0. The third kappa shape index (κ3) is 12.0. The molecule has 8 heterocycles. The molecule has 0 spiro atoms. The quantitative estimate of drug-likeness (QED) is 0.148. The van der Waals surface area contributed by atoms with E-state index >= 15 is 0 Å². The summed E-state index contributed by atoms with van der Waals surface area (Å²) in [6, 6.07) is 8.98. The first kappa shape index (κ1) is 46.3. The zero-order chi connectivity index (χ0) is 41.8. The van der Waals surface area contributed by atoms with Crippen LogP contribution in [0.25, 0.3) is 0 Å². The van der Waals surface area contributed by atoms with Crippen LogP contribution in [0.5, 0.6) is 11.5 Å². The summed E-state index contributed by atoms with van der Waals surface area (Å²) in [6.45, 7) is 17.6. The van der Waals surface area contributed by atoms with Crippen LogP contribution in [0.15, 0.2) is 24.3 Å². The SMILES string of the molecule is c1cc(OP(N(N2CCCCC2)N2CCCCC2)N(N2CCCCC2)N2CCCCC2)cc(OP(N(N2CCCCC2)N2CCCCC2)N(N2CCCCC2)N2CCCCC2)c1. The number of nitrogens with zero attached hydrogens (tertiary/aromatic N) is 12. The molecule has 350 valence electrons.